The Morgan fingerprint density at radius 1 is 1.41 bits per heavy atom. The fourth-order valence-corrected chi connectivity index (χ4v) is 2.22. The molecular formula is C14H17BrO2. The summed E-state index contributed by atoms with van der Waals surface area (Å²) >= 11 is 3.45. The minimum Gasteiger partial charge on any atom is -0.353 e. The molecule has 0 aliphatic carbocycles. The number of halogens is 1. The summed E-state index contributed by atoms with van der Waals surface area (Å²) in [5.74, 6) is 0. The van der Waals surface area contributed by atoms with Gasteiger partial charge in [0.05, 0.1) is 6.61 Å². The number of hydrogen-bond acceptors (Lipinski definition) is 2. The molecule has 1 aromatic rings. The molecule has 0 amide bonds. The smallest absolute Gasteiger partial charge is 0.157 e. The molecule has 0 saturated carbocycles. The van der Waals surface area contributed by atoms with Crippen LogP contribution in [-0.4, -0.2) is 19.5 Å². The third-order valence-electron chi connectivity index (χ3n) is 2.68. The van der Waals surface area contributed by atoms with Gasteiger partial charge in [-0.2, -0.15) is 0 Å². The van der Waals surface area contributed by atoms with Crippen molar-refractivity contribution in [1.82, 2.24) is 0 Å². The highest BCUT2D eigenvalue weighted by molar-refractivity contribution is 9.10. The van der Waals surface area contributed by atoms with Crippen LogP contribution in [0.15, 0.2) is 34.8 Å². The van der Waals surface area contributed by atoms with Crippen molar-refractivity contribution in [2.75, 3.05) is 13.2 Å². The molecule has 0 spiro atoms. The van der Waals surface area contributed by atoms with Crippen LogP contribution in [-0.2, 0) is 9.47 Å². The van der Waals surface area contributed by atoms with Crippen LogP contribution in [0, 0.1) is 0 Å². The Bertz CT molecular complexity index is 370. The second kappa shape index (κ2) is 6.94. The Morgan fingerprint density at radius 2 is 2.35 bits per heavy atom. The molecule has 0 bridgehead atoms. The SMILES string of the molecule is Brc1cccc(/C=C/COC2CCCCO2)c1. The van der Waals surface area contributed by atoms with E-state index in [1.165, 1.54) is 12.0 Å². The van der Waals surface area contributed by atoms with Gasteiger partial charge in [0.2, 0.25) is 0 Å². The van der Waals surface area contributed by atoms with Crippen LogP contribution < -0.4 is 0 Å². The summed E-state index contributed by atoms with van der Waals surface area (Å²) in [6, 6.07) is 8.19. The van der Waals surface area contributed by atoms with Gasteiger partial charge in [-0.3, -0.25) is 0 Å². The van der Waals surface area contributed by atoms with Crippen LogP contribution in [0.25, 0.3) is 6.08 Å². The number of rotatable bonds is 4. The van der Waals surface area contributed by atoms with E-state index >= 15 is 0 Å². The van der Waals surface area contributed by atoms with Crippen molar-refractivity contribution >= 4 is 22.0 Å². The highest BCUT2D eigenvalue weighted by atomic mass is 79.9. The van der Waals surface area contributed by atoms with Crippen molar-refractivity contribution in [3.63, 3.8) is 0 Å². The minimum absolute atomic E-state index is 0.00379. The van der Waals surface area contributed by atoms with Crippen molar-refractivity contribution < 1.29 is 9.47 Å². The average Bonchev–Trinajstić information content (AvgIpc) is 2.36. The lowest BCUT2D eigenvalue weighted by Gasteiger charge is -2.21. The molecule has 1 heterocycles. The van der Waals surface area contributed by atoms with Crippen molar-refractivity contribution in [1.29, 1.82) is 0 Å². The number of ether oxygens (including phenoxy) is 2. The van der Waals surface area contributed by atoms with Gasteiger partial charge in [-0.25, -0.2) is 0 Å². The predicted octanol–water partition coefficient (Wildman–Crippen LogP) is 4.01. The molecule has 2 nitrogen and oxygen atoms in total. The third-order valence-corrected chi connectivity index (χ3v) is 3.17. The number of hydrogen-bond donors (Lipinski definition) is 0. The molecule has 1 fully saturated rings. The van der Waals surface area contributed by atoms with Crippen LogP contribution in [0.4, 0.5) is 0 Å². The summed E-state index contributed by atoms with van der Waals surface area (Å²) in [6.07, 6.45) is 7.47. The van der Waals surface area contributed by atoms with Gasteiger partial charge < -0.3 is 9.47 Å². The van der Waals surface area contributed by atoms with Crippen molar-refractivity contribution in [3.05, 3.63) is 40.4 Å². The van der Waals surface area contributed by atoms with Crippen LogP contribution in [0.2, 0.25) is 0 Å². The second-order valence-electron chi connectivity index (χ2n) is 4.09. The topological polar surface area (TPSA) is 18.5 Å². The van der Waals surface area contributed by atoms with E-state index in [1.54, 1.807) is 0 Å². The van der Waals surface area contributed by atoms with Gasteiger partial charge >= 0.3 is 0 Å². The summed E-state index contributed by atoms with van der Waals surface area (Å²) in [5.41, 5.74) is 1.17. The molecule has 3 heteroatoms. The Balaban J connectivity index is 1.74. The average molecular weight is 297 g/mol. The van der Waals surface area contributed by atoms with E-state index in [9.17, 15) is 0 Å². The Labute approximate surface area is 111 Å². The molecule has 2 rings (SSSR count). The van der Waals surface area contributed by atoms with Crippen LogP contribution in [0.5, 0.6) is 0 Å². The molecule has 1 atom stereocenters. The molecule has 0 N–H and O–H groups in total. The van der Waals surface area contributed by atoms with E-state index in [0.29, 0.717) is 6.61 Å². The van der Waals surface area contributed by atoms with Crippen molar-refractivity contribution in [2.45, 2.75) is 25.6 Å². The molecule has 0 radical (unpaired) electrons. The zero-order valence-corrected chi connectivity index (χ0v) is 11.4. The fourth-order valence-electron chi connectivity index (χ4n) is 1.80. The van der Waals surface area contributed by atoms with Gasteiger partial charge in [-0.05, 0) is 37.0 Å². The van der Waals surface area contributed by atoms with Crippen LogP contribution in [0.1, 0.15) is 24.8 Å². The molecule has 1 unspecified atom stereocenters. The van der Waals surface area contributed by atoms with Crippen LogP contribution in [0.3, 0.4) is 0 Å². The summed E-state index contributed by atoms with van der Waals surface area (Å²) in [7, 11) is 0. The minimum atomic E-state index is -0.00379. The van der Waals surface area contributed by atoms with Crippen molar-refractivity contribution in [3.8, 4) is 0 Å². The summed E-state index contributed by atoms with van der Waals surface area (Å²) in [4.78, 5) is 0. The lowest BCUT2D eigenvalue weighted by molar-refractivity contribution is -0.155. The third kappa shape index (κ3) is 4.62. The normalized spacial score (nSPS) is 20.9. The second-order valence-corrected chi connectivity index (χ2v) is 5.00. The molecule has 1 aliphatic heterocycles. The molecule has 17 heavy (non-hydrogen) atoms. The monoisotopic (exact) mass is 296 g/mol. The summed E-state index contributed by atoms with van der Waals surface area (Å²) in [6.45, 7) is 1.44. The first kappa shape index (κ1) is 12.8. The molecule has 1 aromatic carbocycles. The van der Waals surface area contributed by atoms with Gasteiger partial charge in [-0.1, -0.05) is 40.2 Å². The zero-order chi connectivity index (χ0) is 11.9. The van der Waals surface area contributed by atoms with E-state index in [4.69, 9.17) is 9.47 Å². The first-order chi connectivity index (χ1) is 8.34. The Morgan fingerprint density at radius 3 is 3.12 bits per heavy atom. The summed E-state index contributed by atoms with van der Waals surface area (Å²) in [5, 5.41) is 0. The van der Waals surface area contributed by atoms with E-state index < -0.39 is 0 Å². The molecule has 1 saturated heterocycles. The van der Waals surface area contributed by atoms with Gasteiger partial charge in [0, 0.05) is 11.1 Å². The zero-order valence-electron chi connectivity index (χ0n) is 9.77. The standard InChI is InChI=1S/C14H17BrO2/c15-13-7-3-5-12(11-13)6-4-10-17-14-8-1-2-9-16-14/h3-7,11,14H,1-2,8-10H2/b6-4+. The lowest BCUT2D eigenvalue weighted by atomic mass is 10.2. The molecule has 0 aromatic heterocycles. The quantitative estimate of drug-likeness (QED) is 0.836. The predicted molar refractivity (Wildman–Crippen MR) is 72.7 cm³/mol. The van der Waals surface area contributed by atoms with E-state index in [0.717, 1.165) is 23.9 Å². The van der Waals surface area contributed by atoms with E-state index in [1.807, 2.05) is 18.2 Å². The number of benzene rings is 1. The first-order valence-electron chi connectivity index (χ1n) is 6.00. The first-order valence-corrected chi connectivity index (χ1v) is 6.79. The van der Waals surface area contributed by atoms with Gasteiger partial charge in [0.1, 0.15) is 0 Å². The lowest BCUT2D eigenvalue weighted by Crippen LogP contribution is -2.22. The van der Waals surface area contributed by atoms with E-state index in [-0.39, 0.29) is 6.29 Å². The highest BCUT2D eigenvalue weighted by Crippen LogP contribution is 2.14. The fraction of sp³-hybridized carbons (Fsp3) is 0.429. The van der Waals surface area contributed by atoms with Gasteiger partial charge in [-0.15, -0.1) is 0 Å². The molecular weight excluding hydrogens is 280 g/mol. The maximum atomic E-state index is 5.61. The highest BCUT2D eigenvalue weighted by Gasteiger charge is 2.12. The van der Waals surface area contributed by atoms with Gasteiger partial charge in [0.15, 0.2) is 6.29 Å². The Hall–Kier alpha value is -0.640. The molecule has 1 aliphatic rings. The maximum Gasteiger partial charge on any atom is 0.157 e. The van der Waals surface area contributed by atoms with Crippen molar-refractivity contribution in [2.24, 2.45) is 0 Å². The summed E-state index contributed by atoms with van der Waals surface area (Å²) < 4.78 is 12.2. The van der Waals surface area contributed by atoms with Gasteiger partial charge in [0.25, 0.3) is 0 Å². The largest absolute Gasteiger partial charge is 0.353 e. The maximum absolute atomic E-state index is 5.61. The molecule has 92 valence electrons. The van der Waals surface area contributed by atoms with Crippen LogP contribution >= 0.6 is 15.9 Å². The Kier molecular flexibility index (Phi) is 5.23. The van der Waals surface area contributed by atoms with E-state index in [2.05, 4.69) is 34.1 Å².